The molecule has 110 valence electrons. The van der Waals surface area contributed by atoms with Crippen LogP contribution in [0.1, 0.15) is 36.4 Å². The summed E-state index contributed by atoms with van der Waals surface area (Å²) in [7, 11) is 0. The van der Waals surface area contributed by atoms with Crippen LogP contribution in [0.5, 0.6) is 11.5 Å². The monoisotopic (exact) mass is 283 g/mol. The molecule has 2 aromatic rings. The van der Waals surface area contributed by atoms with Crippen molar-refractivity contribution in [2.45, 2.75) is 31.9 Å². The first-order valence-electron chi connectivity index (χ1n) is 7.47. The first-order chi connectivity index (χ1) is 10.2. The fraction of sp³-hybridized carbons (Fsp3) is 0.333. The van der Waals surface area contributed by atoms with Gasteiger partial charge in [-0.25, -0.2) is 0 Å². The fourth-order valence-electron chi connectivity index (χ4n) is 2.51. The van der Waals surface area contributed by atoms with Crippen molar-refractivity contribution < 1.29 is 9.84 Å². The summed E-state index contributed by atoms with van der Waals surface area (Å²) >= 11 is 0. The van der Waals surface area contributed by atoms with E-state index in [4.69, 9.17) is 10.5 Å². The zero-order chi connectivity index (χ0) is 14.7. The molecule has 0 radical (unpaired) electrons. The van der Waals surface area contributed by atoms with Gasteiger partial charge in [-0.05, 0) is 24.0 Å². The highest BCUT2D eigenvalue weighted by Gasteiger charge is 2.25. The maximum absolute atomic E-state index is 10.1. The van der Waals surface area contributed by atoms with Gasteiger partial charge in [0.2, 0.25) is 0 Å². The molecule has 0 aliphatic heterocycles. The summed E-state index contributed by atoms with van der Waals surface area (Å²) in [5.74, 6) is 1.64. The summed E-state index contributed by atoms with van der Waals surface area (Å²) in [6.45, 7) is 0.494. The quantitative estimate of drug-likeness (QED) is 0.848. The van der Waals surface area contributed by atoms with Crippen LogP contribution in [0, 0.1) is 5.92 Å². The minimum absolute atomic E-state index is 0.0827. The Hall–Kier alpha value is -2.00. The highest BCUT2D eigenvalue weighted by atomic mass is 16.5. The van der Waals surface area contributed by atoms with Gasteiger partial charge in [-0.15, -0.1) is 0 Å². The normalized spacial score (nSPS) is 15.7. The number of aromatic hydroxyl groups is 1. The lowest BCUT2D eigenvalue weighted by atomic mass is 10.0. The van der Waals surface area contributed by atoms with Gasteiger partial charge in [-0.2, -0.15) is 0 Å². The molecule has 1 fully saturated rings. The SMILES string of the molecule is N[C@@H](CC1CC1)c1ccc(OCc2ccccc2)cc1O. The van der Waals surface area contributed by atoms with Gasteiger partial charge in [0.15, 0.2) is 0 Å². The molecule has 1 aliphatic carbocycles. The molecule has 0 aromatic heterocycles. The maximum atomic E-state index is 10.1. The second-order valence-corrected chi connectivity index (χ2v) is 5.78. The molecular formula is C18H21NO2. The molecular weight excluding hydrogens is 262 g/mol. The van der Waals surface area contributed by atoms with E-state index >= 15 is 0 Å². The van der Waals surface area contributed by atoms with Gasteiger partial charge < -0.3 is 15.6 Å². The van der Waals surface area contributed by atoms with Crippen LogP contribution in [-0.4, -0.2) is 5.11 Å². The lowest BCUT2D eigenvalue weighted by Gasteiger charge is -2.14. The molecule has 1 saturated carbocycles. The van der Waals surface area contributed by atoms with Crippen LogP contribution in [0.25, 0.3) is 0 Å². The third kappa shape index (κ3) is 3.76. The topological polar surface area (TPSA) is 55.5 Å². The number of ether oxygens (including phenoxy) is 1. The number of rotatable bonds is 6. The molecule has 0 heterocycles. The zero-order valence-electron chi connectivity index (χ0n) is 12.0. The smallest absolute Gasteiger partial charge is 0.124 e. The number of hydrogen-bond donors (Lipinski definition) is 2. The number of benzene rings is 2. The van der Waals surface area contributed by atoms with Crippen LogP contribution in [0.2, 0.25) is 0 Å². The van der Waals surface area contributed by atoms with E-state index in [-0.39, 0.29) is 11.8 Å². The minimum atomic E-state index is -0.0827. The van der Waals surface area contributed by atoms with Crippen molar-refractivity contribution in [1.29, 1.82) is 0 Å². The van der Waals surface area contributed by atoms with E-state index in [1.54, 1.807) is 6.07 Å². The van der Waals surface area contributed by atoms with Crippen LogP contribution < -0.4 is 10.5 Å². The molecule has 3 rings (SSSR count). The molecule has 3 nitrogen and oxygen atoms in total. The van der Waals surface area contributed by atoms with Crippen LogP contribution in [-0.2, 0) is 6.61 Å². The molecule has 0 amide bonds. The Bertz CT molecular complexity index is 593. The highest BCUT2D eigenvalue weighted by molar-refractivity contribution is 5.41. The van der Waals surface area contributed by atoms with E-state index in [1.165, 1.54) is 12.8 Å². The predicted octanol–water partition coefficient (Wildman–Crippen LogP) is 3.77. The average molecular weight is 283 g/mol. The summed E-state index contributed by atoms with van der Waals surface area (Å²) < 4.78 is 5.70. The summed E-state index contributed by atoms with van der Waals surface area (Å²) in [4.78, 5) is 0. The van der Waals surface area contributed by atoms with Crippen molar-refractivity contribution in [3.63, 3.8) is 0 Å². The van der Waals surface area contributed by atoms with Gasteiger partial charge in [0.05, 0.1) is 0 Å². The van der Waals surface area contributed by atoms with E-state index in [1.807, 2.05) is 42.5 Å². The Balaban J connectivity index is 1.63. The number of hydrogen-bond acceptors (Lipinski definition) is 3. The van der Waals surface area contributed by atoms with Crippen LogP contribution in [0.4, 0.5) is 0 Å². The summed E-state index contributed by atoms with van der Waals surface area (Å²) in [5.41, 5.74) is 8.07. The molecule has 1 atom stereocenters. The average Bonchev–Trinajstić information content (AvgIpc) is 3.30. The molecule has 0 unspecified atom stereocenters. The van der Waals surface area contributed by atoms with Crippen molar-refractivity contribution in [3.05, 3.63) is 59.7 Å². The Morgan fingerprint density at radius 3 is 2.57 bits per heavy atom. The second-order valence-electron chi connectivity index (χ2n) is 5.78. The second kappa shape index (κ2) is 6.19. The van der Waals surface area contributed by atoms with Crippen molar-refractivity contribution in [1.82, 2.24) is 0 Å². The summed E-state index contributed by atoms with van der Waals surface area (Å²) in [6.07, 6.45) is 3.50. The van der Waals surface area contributed by atoms with Gasteiger partial charge in [-0.1, -0.05) is 49.2 Å². The fourth-order valence-corrected chi connectivity index (χ4v) is 2.51. The Kier molecular flexibility index (Phi) is 4.11. The Morgan fingerprint density at radius 1 is 1.14 bits per heavy atom. The molecule has 3 heteroatoms. The molecule has 0 spiro atoms. The summed E-state index contributed by atoms with van der Waals surface area (Å²) in [6, 6.07) is 15.3. The van der Waals surface area contributed by atoms with Gasteiger partial charge in [0.1, 0.15) is 18.1 Å². The Labute approximate surface area is 125 Å². The van der Waals surface area contributed by atoms with Crippen LogP contribution in [0.3, 0.4) is 0 Å². The third-order valence-electron chi connectivity index (χ3n) is 3.93. The summed E-state index contributed by atoms with van der Waals surface area (Å²) in [5, 5.41) is 10.1. The number of phenols is 1. The van der Waals surface area contributed by atoms with Gasteiger partial charge in [-0.3, -0.25) is 0 Å². The number of nitrogens with two attached hydrogens (primary N) is 1. The van der Waals surface area contributed by atoms with Crippen LogP contribution >= 0.6 is 0 Å². The first-order valence-corrected chi connectivity index (χ1v) is 7.47. The molecule has 2 aromatic carbocycles. The van der Waals surface area contributed by atoms with Crippen molar-refractivity contribution >= 4 is 0 Å². The first kappa shape index (κ1) is 14.0. The molecule has 1 aliphatic rings. The maximum Gasteiger partial charge on any atom is 0.124 e. The van der Waals surface area contributed by atoms with E-state index in [2.05, 4.69) is 0 Å². The minimum Gasteiger partial charge on any atom is -0.507 e. The van der Waals surface area contributed by atoms with E-state index in [0.717, 1.165) is 23.5 Å². The van der Waals surface area contributed by atoms with Crippen molar-refractivity contribution in [2.75, 3.05) is 0 Å². The standard InChI is InChI=1S/C18H21NO2/c19-17(10-13-6-7-13)16-9-8-15(11-18(16)20)21-12-14-4-2-1-3-5-14/h1-5,8-9,11,13,17,20H,6-7,10,12,19H2/t17-/m0/s1. The highest BCUT2D eigenvalue weighted by Crippen LogP contribution is 2.39. The molecule has 3 N–H and O–H groups in total. The lowest BCUT2D eigenvalue weighted by molar-refractivity contribution is 0.304. The van der Waals surface area contributed by atoms with Crippen molar-refractivity contribution in [2.24, 2.45) is 11.7 Å². The Morgan fingerprint density at radius 2 is 1.90 bits per heavy atom. The van der Waals surface area contributed by atoms with E-state index < -0.39 is 0 Å². The van der Waals surface area contributed by atoms with E-state index in [0.29, 0.717) is 12.4 Å². The van der Waals surface area contributed by atoms with Crippen LogP contribution in [0.15, 0.2) is 48.5 Å². The molecule has 0 bridgehead atoms. The lowest BCUT2D eigenvalue weighted by Crippen LogP contribution is -2.11. The molecule has 21 heavy (non-hydrogen) atoms. The van der Waals surface area contributed by atoms with Crippen molar-refractivity contribution in [3.8, 4) is 11.5 Å². The third-order valence-corrected chi connectivity index (χ3v) is 3.93. The van der Waals surface area contributed by atoms with Gasteiger partial charge in [0, 0.05) is 17.7 Å². The zero-order valence-corrected chi connectivity index (χ0v) is 12.0. The number of phenolic OH excluding ortho intramolecular Hbond substituents is 1. The largest absolute Gasteiger partial charge is 0.507 e. The van der Waals surface area contributed by atoms with Gasteiger partial charge in [0.25, 0.3) is 0 Å². The van der Waals surface area contributed by atoms with Gasteiger partial charge >= 0.3 is 0 Å². The molecule has 0 saturated heterocycles. The predicted molar refractivity (Wildman–Crippen MR) is 83.2 cm³/mol. The van der Waals surface area contributed by atoms with E-state index in [9.17, 15) is 5.11 Å².